The summed E-state index contributed by atoms with van der Waals surface area (Å²) in [6.07, 6.45) is 0. The van der Waals surface area contributed by atoms with E-state index < -0.39 is 0 Å². The molecular formula is C54H36N4OS. The Kier molecular flexibility index (Phi) is 7.68. The van der Waals surface area contributed by atoms with E-state index in [2.05, 4.69) is 176 Å². The molecule has 0 bridgehead atoms. The second-order valence-electron chi connectivity index (χ2n) is 16.0. The molecule has 3 heterocycles. The van der Waals surface area contributed by atoms with Crippen LogP contribution < -0.4 is 4.90 Å². The highest BCUT2D eigenvalue weighted by molar-refractivity contribution is 7.26. The van der Waals surface area contributed by atoms with Gasteiger partial charge >= 0.3 is 0 Å². The molecule has 1 aliphatic carbocycles. The van der Waals surface area contributed by atoms with Crippen molar-refractivity contribution < 1.29 is 4.42 Å². The van der Waals surface area contributed by atoms with E-state index in [0.717, 1.165) is 60.3 Å². The Balaban J connectivity index is 1.17. The van der Waals surface area contributed by atoms with Crippen molar-refractivity contribution in [1.82, 2.24) is 15.0 Å². The van der Waals surface area contributed by atoms with Gasteiger partial charge in [0.15, 0.2) is 11.6 Å². The van der Waals surface area contributed by atoms with Crippen molar-refractivity contribution in [1.29, 1.82) is 0 Å². The average molecular weight is 789 g/mol. The number of hydrogen-bond acceptors (Lipinski definition) is 6. The summed E-state index contributed by atoms with van der Waals surface area (Å²) in [5, 5.41) is 4.44. The third kappa shape index (κ3) is 5.27. The highest BCUT2D eigenvalue weighted by Gasteiger charge is 2.37. The standard InChI is InChI=1S/C54H36N4OS/c1-54(2)41-22-9-6-18-38(41)48-40(21-12-23-42(48)54)52-55-51(35-31-29-34(30-32-35)33-15-4-3-5-16-33)56-53(57-52)58(43-24-14-27-46-49(43)39-19-7-10-26-45(39)59-46)44-25-13-20-37-36-17-8-11-28-47(36)60-50(37)44/h3-32H,1-2H3. The maximum atomic E-state index is 6.51. The van der Waals surface area contributed by atoms with Crippen LogP contribution >= 0.6 is 11.3 Å². The zero-order valence-electron chi connectivity index (χ0n) is 32.9. The smallest absolute Gasteiger partial charge is 0.238 e. The fourth-order valence-electron chi connectivity index (χ4n) is 9.29. The third-order valence-electron chi connectivity index (χ3n) is 12.2. The predicted octanol–water partition coefficient (Wildman–Crippen LogP) is 14.9. The summed E-state index contributed by atoms with van der Waals surface area (Å²) in [6, 6.07) is 64.0. The zero-order chi connectivity index (χ0) is 40.0. The SMILES string of the molecule is CC1(C)c2ccccc2-c2c(-c3nc(-c4ccc(-c5ccccc5)cc4)nc(N(c4cccc5c4sc4ccccc45)c4cccc5oc6ccccc6c45)n3)cccc21. The van der Waals surface area contributed by atoms with Gasteiger partial charge in [-0.05, 0) is 63.7 Å². The molecule has 0 saturated carbocycles. The first kappa shape index (κ1) is 34.6. The molecule has 8 aromatic carbocycles. The third-order valence-corrected chi connectivity index (χ3v) is 13.4. The van der Waals surface area contributed by atoms with E-state index in [1.165, 1.54) is 37.7 Å². The van der Waals surface area contributed by atoms with Crippen LogP contribution in [0.15, 0.2) is 186 Å². The van der Waals surface area contributed by atoms with Crippen molar-refractivity contribution >= 4 is 70.8 Å². The van der Waals surface area contributed by atoms with Gasteiger partial charge in [0.2, 0.25) is 5.95 Å². The Bertz CT molecular complexity index is 3480. The Morgan fingerprint density at radius 1 is 0.467 bits per heavy atom. The molecule has 0 aliphatic heterocycles. The fraction of sp³-hybridized carbons (Fsp3) is 0.0556. The van der Waals surface area contributed by atoms with Crippen LogP contribution in [0.5, 0.6) is 0 Å². The topological polar surface area (TPSA) is 55.1 Å². The van der Waals surface area contributed by atoms with Crippen LogP contribution in [0.3, 0.4) is 0 Å². The van der Waals surface area contributed by atoms with E-state index in [1.54, 1.807) is 11.3 Å². The Morgan fingerprint density at radius 2 is 1.08 bits per heavy atom. The lowest BCUT2D eigenvalue weighted by molar-refractivity contribution is 0.660. The normalized spacial score (nSPS) is 13.0. The Labute approximate surface area is 350 Å². The van der Waals surface area contributed by atoms with Crippen molar-refractivity contribution in [2.45, 2.75) is 19.3 Å². The highest BCUT2D eigenvalue weighted by Crippen LogP contribution is 2.52. The van der Waals surface area contributed by atoms with Gasteiger partial charge in [0.1, 0.15) is 11.2 Å². The second kappa shape index (κ2) is 13.3. The van der Waals surface area contributed by atoms with Crippen LogP contribution in [-0.4, -0.2) is 15.0 Å². The summed E-state index contributed by atoms with van der Waals surface area (Å²) in [5.74, 6) is 1.73. The summed E-state index contributed by atoms with van der Waals surface area (Å²) >= 11 is 1.79. The number of para-hydroxylation sites is 1. The molecule has 0 spiro atoms. The van der Waals surface area contributed by atoms with Gasteiger partial charge in [0.25, 0.3) is 0 Å². The number of aromatic nitrogens is 3. The lowest BCUT2D eigenvalue weighted by atomic mass is 9.82. The minimum Gasteiger partial charge on any atom is -0.456 e. The summed E-state index contributed by atoms with van der Waals surface area (Å²) in [6.45, 7) is 4.62. The van der Waals surface area contributed by atoms with E-state index in [4.69, 9.17) is 19.4 Å². The number of nitrogens with zero attached hydrogens (tertiary/aromatic N) is 4. The lowest BCUT2D eigenvalue weighted by Gasteiger charge is -2.25. The molecule has 6 heteroatoms. The number of rotatable bonds is 6. The van der Waals surface area contributed by atoms with Crippen molar-refractivity contribution in [3.63, 3.8) is 0 Å². The summed E-state index contributed by atoms with van der Waals surface area (Å²) in [4.78, 5) is 18.6. The van der Waals surface area contributed by atoms with Crippen LogP contribution in [0.2, 0.25) is 0 Å². The van der Waals surface area contributed by atoms with Crippen LogP contribution in [0, 0.1) is 0 Å². The van der Waals surface area contributed by atoms with Gasteiger partial charge in [0.05, 0.1) is 21.5 Å². The number of furan rings is 1. The molecule has 12 rings (SSSR count). The quantitative estimate of drug-likeness (QED) is 0.168. The number of hydrogen-bond donors (Lipinski definition) is 0. The zero-order valence-corrected chi connectivity index (χ0v) is 33.7. The van der Waals surface area contributed by atoms with E-state index >= 15 is 0 Å². The molecule has 0 atom stereocenters. The van der Waals surface area contributed by atoms with Gasteiger partial charge < -0.3 is 4.42 Å². The molecule has 0 saturated heterocycles. The summed E-state index contributed by atoms with van der Waals surface area (Å²) in [5.41, 5.74) is 12.5. The molecule has 284 valence electrons. The molecule has 0 radical (unpaired) electrons. The molecule has 60 heavy (non-hydrogen) atoms. The van der Waals surface area contributed by atoms with Crippen molar-refractivity contribution in [3.05, 3.63) is 193 Å². The molecule has 1 aliphatic rings. The van der Waals surface area contributed by atoms with Gasteiger partial charge in [-0.15, -0.1) is 11.3 Å². The van der Waals surface area contributed by atoms with Gasteiger partial charge in [-0.3, -0.25) is 4.90 Å². The molecule has 0 amide bonds. The molecular weight excluding hydrogens is 753 g/mol. The van der Waals surface area contributed by atoms with Gasteiger partial charge in [-0.2, -0.15) is 9.97 Å². The number of benzene rings is 8. The van der Waals surface area contributed by atoms with Crippen LogP contribution in [0.1, 0.15) is 25.0 Å². The molecule has 3 aromatic heterocycles. The van der Waals surface area contributed by atoms with E-state index in [-0.39, 0.29) is 5.41 Å². The van der Waals surface area contributed by atoms with Crippen molar-refractivity contribution in [3.8, 4) is 45.0 Å². The Hall–Kier alpha value is -7.41. The fourth-order valence-corrected chi connectivity index (χ4v) is 10.5. The van der Waals surface area contributed by atoms with E-state index in [1.807, 2.05) is 24.3 Å². The largest absolute Gasteiger partial charge is 0.456 e. The second-order valence-corrected chi connectivity index (χ2v) is 17.0. The monoisotopic (exact) mass is 788 g/mol. The molecule has 11 aromatic rings. The summed E-state index contributed by atoms with van der Waals surface area (Å²) in [7, 11) is 0. The summed E-state index contributed by atoms with van der Waals surface area (Å²) < 4.78 is 8.88. The van der Waals surface area contributed by atoms with Crippen LogP contribution in [0.4, 0.5) is 17.3 Å². The van der Waals surface area contributed by atoms with Crippen LogP contribution in [-0.2, 0) is 5.41 Å². The van der Waals surface area contributed by atoms with E-state index in [9.17, 15) is 0 Å². The first-order chi connectivity index (χ1) is 29.5. The van der Waals surface area contributed by atoms with E-state index in [0.29, 0.717) is 17.6 Å². The highest BCUT2D eigenvalue weighted by atomic mass is 32.1. The minimum absolute atomic E-state index is 0.186. The van der Waals surface area contributed by atoms with Crippen LogP contribution in [0.25, 0.3) is 87.1 Å². The van der Waals surface area contributed by atoms with Gasteiger partial charge in [-0.1, -0.05) is 166 Å². The molecule has 5 nitrogen and oxygen atoms in total. The van der Waals surface area contributed by atoms with Gasteiger partial charge in [-0.25, -0.2) is 4.98 Å². The first-order valence-corrected chi connectivity index (χ1v) is 21.1. The first-order valence-electron chi connectivity index (χ1n) is 20.3. The number of fused-ring (bicyclic) bond motifs is 9. The molecule has 0 N–H and O–H groups in total. The maximum absolute atomic E-state index is 6.51. The molecule has 0 unspecified atom stereocenters. The molecule has 0 fully saturated rings. The van der Waals surface area contributed by atoms with Crippen molar-refractivity contribution in [2.75, 3.05) is 4.90 Å². The van der Waals surface area contributed by atoms with Gasteiger partial charge in [0, 0.05) is 37.4 Å². The predicted molar refractivity (Wildman–Crippen MR) is 249 cm³/mol. The maximum Gasteiger partial charge on any atom is 0.238 e. The number of anilines is 3. The Morgan fingerprint density at radius 3 is 1.97 bits per heavy atom. The average Bonchev–Trinajstić information content (AvgIpc) is 3.95. The minimum atomic E-state index is -0.186. The van der Waals surface area contributed by atoms with Crippen molar-refractivity contribution in [2.24, 2.45) is 0 Å². The lowest BCUT2D eigenvalue weighted by Crippen LogP contribution is -2.16. The number of thiophene rings is 1.